The van der Waals surface area contributed by atoms with Crippen molar-refractivity contribution in [3.63, 3.8) is 0 Å². The van der Waals surface area contributed by atoms with Crippen LogP contribution < -0.4 is 4.90 Å². The predicted octanol–water partition coefficient (Wildman–Crippen LogP) is 1.90. The molecule has 0 N–H and O–H groups in total. The molecule has 2 rings (SSSR count). The third kappa shape index (κ3) is 3.77. The normalized spacial score (nSPS) is 10.7. The highest BCUT2D eigenvalue weighted by atomic mass is 15.2. The molecule has 0 unspecified atom stereocenters. The van der Waals surface area contributed by atoms with E-state index in [0.717, 1.165) is 36.7 Å². The Bertz CT molecular complexity index is 526. The van der Waals surface area contributed by atoms with Crippen LogP contribution in [0.3, 0.4) is 0 Å². The predicted molar refractivity (Wildman–Crippen MR) is 76.3 cm³/mol. The van der Waals surface area contributed by atoms with E-state index in [1.165, 1.54) is 5.56 Å². The fraction of sp³-hybridized carbons (Fsp3) is 0.500. The van der Waals surface area contributed by atoms with E-state index >= 15 is 0 Å². The lowest BCUT2D eigenvalue weighted by Gasteiger charge is -2.17. The van der Waals surface area contributed by atoms with Gasteiger partial charge in [0.1, 0.15) is 0 Å². The SMILES string of the molecule is Cc1cc(C)nc(N(C)CCCc2cnn(C)c2)n1. The average molecular weight is 259 g/mol. The maximum atomic E-state index is 4.46. The highest BCUT2D eigenvalue weighted by Crippen LogP contribution is 2.09. The first-order valence-corrected chi connectivity index (χ1v) is 6.55. The Labute approximate surface area is 114 Å². The van der Waals surface area contributed by atoms with Crippen LogP contribution >= 0.6 is 0 Å². The van der Waals surface area contributed by atoms with Gasteiger partial charge in [0.25, 0.3) is 0 Å². The van der Waals surface area contributed by atoms with Crippen LogP contribution in [0.5, 0.6) is 0 Å². The lowest BCUT2D eigenvalue weighted by atomic mass is 10.2. The molecule has 0 aliphatic rings. The highest BCUT2D eigenvalue weighted by Gasteiger charge is 2.06. The maximum Gasteiger partial charge on any atom is 0.225 e. The van der Waals surface area contributed by atoms with Gasteiger partial charge < -0.3 is 4.90 Å². The third-order valence-corrected chi connectivity index (χ3v) is 3.03. The van der Waals surface area contributed by atoms with E-state index in [1.807, 2.05) is 44.9 Å². The van der Waals surface area contributed by atoms with Gasteiger partial charge in [0.05, 0.1) is 6.20 Å². The molecule has 0 atom stereocenters. The largest absolute Gasteiger partial charge is 0.344 e. The highest BCUT2D eigenvalue weighted by molar-refractivity contribution is 5.30. The summed E-state index contributed by atoms with van der Waals surface area (Å²) in [5, 5.41) is 4.17. The van der Waals surface area contributed by atoms with E-state index < -0.39 is 0 Å². The molecule has 0 saturated carbocycles. The molecule has 19 heavy (non-hydrogen) atoms. The summed E-state index contributed by atoms with van der Waals surface area (Å²) >= 11 is 0. The molecular weight excluding hydrogens is 238 g/mol. The van der Waals surface area contributed by atoms with Crippen LogP contribution in [0.15, 0.2) is 18.5 Å². The smallest absolute Gasteiger partial charge is 0.225 e. The Morgan fingerprint density at radius 1 is 1.21 bits per heavy atom. The van der Waals surface area contributed by atoms with Gasteiger partial charge in [-0.15, -0.1) is 0 Å². The Morgan fingerprint density at radius 2 is 1.89 bits per heavy atom. The van der Waals surface area contributed by atoms with E-state index in [9.17, 15) is 0 Å². The summed E-state index contributed by atoms with van der Waals surface area (Å²) in [5.74, 6) is 0.809. The van der Waals surface area contributed by atoms with Gasteiger partial charge in [0.15, 0.2) is 0 Å². The lowest BCUT2D eigenvalue weighted by Crippen LogP contribution is -2.22. The Hall–Kier alpha value is -1.91. The summed E-state index contributed by atoms with van der Waals surface area (Å²) < 4.78 is 1.84. The minimum absolute atomic E-state index is 0.809. The fourth-order valence-corrected chi connectivity index (χ4v) is 2.10. The number of hydrogen-bond donors (Lipinski definition) is 0. The summed E-state index contributed by atoms with van der Waals surface area (Å²) in [4.78, 5) is 11.0. The van der Waals surface area contributed by atoms with Gasteiger partial charge >= 0.3 is 0 Å². The molecule has 5 nitrogen and oxygen atoms in total. The molecule has 5 heteroatoms. The van der Waals surface area contributed by atoms with Crippen LogP contribution in [0.25, 0.3) is 0 Å². The van der Waals surface area contributed by atoms with Gasteiger partial charge in [-0.2, -0.15) is 5.10 Å². The van der Waals surface area contributed by atoms with Crippen LogP contribution in [-0.2, 0) is 13.5 Å². The first-order chi connectivity index (χ1) is 9.04. The molecule has 2 aromatic heterocycles. The molecule has 2 heterocycles. The van der Waals surface area contributed by atoms with Gasteiger partial charge in [-0.1, -0.05) is 0 Å². The number of nitrogens with zero attached hydrogens (tertiary/aromatic N) is 5. The second kappa shape index (κ2) is 5.82. The number of hydrogen-bond acceptors (Lipinski definition) is 4. The molecule has 0 saturated heterocycles. The molecule has 102 valence electrons. The Balaban J connectivity index is 1.88. The molecule has 0 aliphatic heterocycles. The van der Waals surface area contributed by atoms with Crippen molar-refractivity contribution < 1.29 is 0 Å². The molecule has 0 aliphatic carbocycles. The first kappa shape index (κ1) is 13.5. The van der Waals surface area contributed by atoms with Crippen LogP contribution in [0.1, 0.15) is 23.4 Å². The van der Waals surface area contributed by atoms with Gasteiger partial charge in [-0.25, -0.2) is 9.97 Å². The van der Waals surface area contributed by atoms with Gasteiger partial charge in [-0.3, -0.25) is 4.68 Å². The molecule has 0 bridgehead atoms. The van der Waals surface area contributed by atoms with E-state index in [-0.39, 0.29) is 0 Å². The fourth-order valence-electron chi connectivity index (χ4n) is 2.10. The minimum atomic E-state index is 0.809. The third-order valence-electron chi connectivity index (χ3n) is 3.03. The standard InChI is InChI=1S/C14H21N5/c1-11-8-12(2)17-14(16-11)18(3)7-5-6-13-9-15-19(4)10-13/h8-10H,5-7H2,1-4H3. The van der Waals surface area contributed by atoms with Crippen molar-refractivity contribution in [1.29, 1.82) is 0 Å². The molecular formula is C14H21N5. The molecule has 0 spiro atoms. The van der Waals surface area contributed by atoms with Crippen molar-refractivity contribution in [3.8, 4) is 0 Å². The number of anilines is 1. The Kier molecular flexibility index (Phi) is 4.14. The van der Waals surface area contributed by atoms with Crippen LogP contribution in [-0.4, -0.2) is 33.3 Å². The summed E-state index contributed by atoms with van der Waals surface area (Å²) in [5.41, 5.74) is 3.31. The van der Waals surface area contributed by atoms with Crippen molar-refractivity contribution in [2.45, 2.75) is 26.7 Å². The molecule has 0 radical (unpaired) electrons. The zero-order valence-electron chi connectivity index (χ0n) is 12.1. The van der Waals surface area contributed by atoms with E-state index in [0.29, 0.717) is 0 Å². The molecule has 0 aromatic carbocycles. The first-order valence-electron chi connectivity index (χ1n) is 6.55. The molecule has 0 fully saturated rings. The van der Waals surface area contributed by atoms with Crippen molar-refractivity contribution in [3.05, 3.63) is 35.4 Å². The number of rotatable bonds is 5. The quantitative estimate of drug-likeness (QED) is 0.822. The second-order valence-corrected chi connectivity index (χ2v) is 5.00. The second-order valence-electron chi connectivity index (χ2n) is 5.00. The zero-order valence-corrected chi connectivity index (χ0v) is 12.1. The number of aromatic nitrogens is 4. The zero-order chi connectivity index (χ0) is 13.8. The van der Waals surface area contributed by atoms with Crippen molar-refractivity contribution in [1.82, 2.24) is 19.7 Å². The monoisotopic (exact) mass is 259 g/mol. The number of aryl methyl sites for hydroxylation is 4. The average Bonchev–Trinajstić information content (AvgIpc) is 2.73. The van der Waals surface area contributed by atoms with Crippen molar-refractivity contribution >= 4 is 5.95 Å². The minimum Gasteiger partial charge on any atom is -0.344 e. The summed E-state index contributed by atoms with van der Waals surface area (Å²) in [6.45, 7) is 4.95. The summed E-state index contributed by atoms with van der Waals surface area (Å²) in [6, 6.07) is 1.99. The Morgan fingerprint density at radius 3 is 2.47 bits per heavy atom. The maximum absolute atomic E-state index is 4.46. The van der Waals surface area contributed by atoms with Crippen LogP contribution in [0, 0.1) is 13.8 Å². The topological polar surface area (TPSA) is 46.8 Å². The van der Waals surface area contributed by atoms with Crippen LogP contribution in [0.2, 0.25) is 0 Å². The van der Waals surface area contributed by atoms with Gasteiger partial charge in [0.2, 0.25) is 5.95 Å². The summed E-state index contributed by atoms with van der Waals surface area (Å²) in [7, 11) is 3.98. The van der Waals surface area contributed by atoms with Crippen molar-refractivity contribution in [2.24, 2.45) is 7.05 Å². The summed E-state index contributed by atoms with van der Waals surface area (Å²) in [6.07, 6.45) is 6.09. The van der Waals surface area contributed by atoms with E-state index in [4.69, 9.17) is 0 Å². The van der Waals surface area contributed by atoms with Crippen molar-refractivity contribution in [2.75, 3.05) is 18.5 Å². The lowest BCUT2D eigenvalue weighted by molar-refractivity contribution is 0.754. The van der Waals surface area contributed by atoms with Gasteiger partial charge in [0, 0.05) is 38.2 Å². The van der Waals surface area contributed by atoms with E-state index in [1.54, 1.807) is 0 Å². The molecule has 2 aromatic rings. The van der Waals surface area contributed by atoms with Crippen LogP contribution in [0.4, 0.5) is 5.95 Å². The molecule has 0 amide bonds. The van der Waals surface area contributed by atoms with E-state index in [2.05, 4.69) is 26.2 Å². The van der Waals surface area contributed by atoms with Gasteiger partial charge in [-0.05, 0) is 38.3 Å².